The summed E-state index contributed by atoms with van der Waals surface area (Å²) < 4.78 is 1.59. The molecule has 0 aliphatic heterocycles. The highest BCUT2D eigenvalue weighted by Gasteiger charge is 2.03. The van der Waals surface area contributed by atoms with Crippen molar-refractivity contribution in [3.63, 3.8) is 0 Å². The number of aryl methyl sites for hydroxylation is 2. The summed E-state index contributed by atoms with van der Waals surface area (Å²) in [6.45, 7) is 2.63. The third-order valence-electron chi connectivity index (χ3n) is 2.90. The molecule has 0 saturated heterocycles. The topological polar surface area (TPSA) is 88.4 Å². The molecule has 1 heterocycles. The highest BCUT2D eigenvalue weighted by atomic mass is 16.4. The van der Waals surface area contributed by atoms with Gasteiger partial charge in [0.15, 0.2) is 0 Å². The Labute approximate surface area is 117 Å². The Hall–Kier alpha value is -2.11. The molecule has 0 radical (unpaired) electrons. The second-order valence-corrected chi connectivity index (χ2v) is 4.64. The van der Waals surface area contributed by atoms with E-state index in [9.17, 15) is 14.4 Å². The van der Waals surface area contributed by atoms with E-state index in [1.165, 1.54) is 0 Å². The summed E-state index contributed by atoms with van der Waals surface area (Å²) in [5.41, 5.74) is 0.653. The summed E-state index contributed by atoms with van der Waals surface area (Å²) in [5.74, 6) is -0.978. The number of nitrogens with one attached hydrogen (secondary N) is 1. The molecule has 20 heavy (non-hydrogen) atoms. The number of hydrogen-bond acceptors (Lipinski definition) is 3. The number of carboxylic acids is 1. The van der Waals surface area contributed by atoms with Crippen LogP contribution in [-0.2, 0) is 16.1 Å². The van der Waals surface area contributed by atoms with Gasteiger partial charge in [-0.05, 0) is 25.8 Å². The Morgan fingerprint density at radius 3 is 2.75 bits per heavy atom. The SMILES string of the molecule is Cc1cccn(CCCC(=O)NCCCC(=O)O)c1=O. The van der Waals surface area contributed by atoms with Gasteiger partial charge in [0.05, 0.1) is 0 Å². The van der Waals surface area contributed by atoms with Gasteiger partial charge in [-0.25, -0.2) is 0 Å². The zero-order chi connectivity index (χ0) is 15.0. The molecule has 0 spiro atoms. The molecule has 1 aromatic heterocycles. The van der Waals surface area contributed by atoms with Crippen LogP contribution in [0.15, 0.2) is 23.1 Å². The quantitative estimate of drug-likeness (QED) is 0.693. The van der Waals surface area contributed by atoms with Crippen LogP contribution in [0.5, 0.6) is 0 Å². The molecule has 0 unspecified atom stereocenters. The molecule has 0 fully saturated rings. The minimum absolute atomic E-state index is 0.0330. The van der Waals surface area contributed by atoms with E-state index in [0.717, 1.165) is 0 Å². The minimum atomic E-state index is -0.863. The molecule has 0 saturated carbocycles. The highest BCUT2D eigenvalue weighted by molar-refractivity contribution is 5.75. The number of aromatic nitrogens is 1. The second-order valence-electron chi connectivity index (χ2n) is 4.64. The number of amides is 1. The van der Waals surface area contributed by atoms with Crippen LogP contribution >= 0.6 is 0 Å². The fourth-order valence-electron chi connectivity index (χ4n) is 1.80. The van der Waals surface area contributed by atoms with Crippen molar-refractivity contribution < 1.29 is 14.7 Å². The standard InChI is InChI=1S/C14H20N2O4/c1-11-5-3-9-16(14(11)20)10-4-6-12(17)15-8-2-7-13(18)19/h3,5,9H,2,4,6-8,10H2,1H3,(H,15,17)(H,18,19). The molecule has 0 aromatic carbocycles. The number of aliphatic carboxylic acids is 1. The Kier molecular flexibility index (Phi) is 6.49. The molecule has 0 bridgehead atoms. The van der Waals surface area contributed by atoms with E-state index < -0.39 is 5.97 Å². The molecule has 2 N–H and O–H groups in total. The summed E-state index contributed by atoms with van der Waals surface area (Å²) in [6, 6.07) is 3.57. The van der Waals surface area contributed by atoms with Gasteiger partial charge in [0.1, 0.15) is 0 Å². The number of carboxylic acid groups (broad SMARTS) is 1. The lowest BCUT2D eigenvalue weighted by Crippen LogP contribution is -2.26. The Bertz CT molecular complexity index is 522. The number of carbonyl (C=O) groups excluding carboxylic acids is 1. The van der Waals surface area contributed by atoms with Crippen molar-refractivity contribution in [1.82, 2.24) is 9.88 Å². The lowest BCUT2D eigenvalue weighted by atomic mass is 10.2. The summed E-state index contributed by atoms with van der Waals surface area (Å²) >= 11 is 0. The van der Waals surface area contributed by atoms with Crippen molar-refractivity contribution in [2.45, 2.75) is 39.2 Å². The van der Waals surface area contributed by atoms with Gasteiger partial charge in [0, 0.05) is 37.7 Å². The largest absolute Gasteiger partial charge is 0.481 e. The third-order valence-corrected chi connectivity index (χ3v) is 2.90. The van der Waals surface area contributed by atoms with E-state index in [1.807, 2.05) is 6.07 Å². The Balaban J connectivity index is 2.23. The summed E-state index contributed by atoms with van der Waals surface area (Å²) in [6.07, 6.45) is 3.10. The summed E-state index contributed by atoms with van der Waals surface area (Å²) in [5, 5.41) is 11.1. The van der Waals surface area contributed by atoms with Gasteiger partial charge in [-0.2, -0.15) is 0 Å². The number of hydrogen-bond donors (Lipinski definition) is 2. The molecular formula is C14H20N2O4. The van der Waals surface area contributed by atoms with Crippen LogP contribution in [0.2, 0.25) is 0 Å². The number of nitrogens with zero attached hydrogens (tertiary/aromatic N) is 1. The van der Waals surface area contributed by atoms with Crippen molar-refractivity contribution in [2.24, 2.45) is 0 Å². The maximum absolute atomic E-state index is 11.7. The van der Waals surface area contributed by atoms with Gasteiger partial charge < -0.3 is 15.0 Å². The molecule has 110 valence electrons. The average molecular weight is 280 g/mol. The number of pyridine rings is 1. The summed E-state index contributed by atoms with van der Waals surface area (Å²) in [7, 11) is 0. The fourth-order valence-corrected chi connectivity index (χ4v) is 1.80. The first kappa shape index (κ1) is 15.9. The maximum atomic E-state index is 11.7. The average Bonchev–Trinajstić information content (AvgIpc) is 2.39. The molecular weight excluding hydrogens is 260 g/mol. The lowest BCUT2D eigenvalue weighted by molar-refractivity contribution is -0.137. The van der Waals surface area contributed by atoms with E-state index in [1.54, 1.807) is 23.8 Å². The monoisotopic (exact) mass is 280 g/mol. The van der Waals surface area contributed by atoms with Crippen LogP contribution in [-0.4, -0.2) is 28.1 Å². The lowest BCUT2D eigenvalue weighted by Gasteiger charge is -2.07. The fraction of sp³-hybridized carbons (Fsp3) is 0.500. The first-order valence-corrected chi connectivity index (χ1v) is 6.65. The van der Waals surface area contributed by atoms with Crippen molar-refractivity contribution in [2.75, 3.05) is 6.54 Å². The van der Waals surface area contributed by atoms with Crippen LogP contribution < -0.4 is 10.9 Å². The zero-order valence-electron chi connectivity index (χ0n) is 11.6. The predicted molar refractivity (Wildman–Crippen MR) is 74.6 cm³/mol. The van der Waals surface area contributed by atoms with Crippen molar-refractivity contribution in [1.29, 1.82) is 0 Å². The Morgan fingerprint density at radius 2 is 2.05 bits per heavy atom. The van der Waals surface area contributed by atoms with Crippen molar-refractivity contribution >= 4 is 11.9 Å². The Morgan fingerprint density at radius 1 is 1.30 bits per heavy atom. The zero-order valence-corrected chi connectivity index (χ0v) is 11.6. The van der Waals surface area contributed by atoms with Crippen LogP contribution in [0, 0.1) is 6.92 Å². The third kappa shape index (κ3) is 5.69. The molecule has 0 aliphatic rings. The van der Waals surface area contributed by atoms with E-state index in [0.29, 0.717) is 37.9 Å². The van der Waals surface area contributed by atoms with E-state index in [2.05, 4.69) is 5.32 Å². The molecule has 6 heteroatoms. The summed E-state index contributed by atoms with van der Waals surface area (Å²) in [4.78, 5) is 33.5. The first-order chi connectivity index (χ1) is 9.50. The van der Waals surface area contributed by atoms with Crippen LogP contribution in [0.1, 0.15) is 31.2 Å². The van der Waals surface area contributed by atoms with Gasteiger partial charge in [-0.1, -0.05) is 6.07 Å². The van der Waals surface area contributed by atoms with Crippen LogP contribution in [0.3, 0.4) is 0 Å². The maximum Gasteiger partial charge on any atom is 0.303 e. The van der Waals surface area contributed by atoms with E-state index in [4.69, 9.17) is 5.11 Å². The van der Waals surface area contributed by atoms with Crippen LogP contribution in [0.4, 0.5) is 0 Å². The van der Waals surface area contributed by atoms with E-state index in [-0.39, 0.29) is 17.9 Å². The van der Waals surface area contributed by atoms with Gasteiger partial charge in [-0.3, -0.25) is 14.4 Å². The predicted octanol–water partition coefficient (Wildman–Crippen LogP) is 0.918. The molecule has 1 aromatic rings. The number of rotatable bonds is 8. The van der Waals surface area contributed by atoms with Crippen molar-refractivity contribution in [3.8, 4) is 0 Å². The van der Waals surface area contributed by atoms with Crippen molar-refractivity contribution in [3.05, 3.63) is 34.2 Å². The second kappa shape index (κ2) is 8.14. The number of carbonyl (C=O) groups is 2. The van der Waals surface area contributed by atoms with Gasteiger partial charge in [0.2, 0.25) is 5.91 Å². The van der Waals surface area contributed by atoms with Gasteiger partial charge in [0.25, 0.3) is 5.56 Å². The normalized spacial score (nSPS) is 10.2. The van der Waals surface area contributed by atoms with Gasteiger partial charge >= 0.3 is 5.97 Å². The van der Waals surface area contributed by atoms with Gasteiger partial charge in [-0.15, -0.1) is 0 Å². The smallest absolute Gasteiger partial charge is 0.303 e. The first-order valence-electron chi connectivity index (χ1n) is 6.65. The minimum Gasteiger partial charge on any atom is -0.481 e. The highest BCUT2D eigenvalue weighted by Crippen LogP contribution is 1.96. The molecule has 1 rings (SSSR count). The molecule has 1 amide bonds. The van der Waals surface area contributed by atoms with Crippen LogP contribution in [0.25, 0.3) is 0 Å². The molecule has 0 atom stereocenters. The molecule has 0 aliphatic carbocycles. The van der Waals surface area contributed by atoms with E-state index >= 15 is 0 Å². The molecule has 6 nitrogen and oxygen atoms in total.